The molecule has 1 saturated heterocycles. The molecule has 0 spiro atoms. The van der Waals surface area contributed by atoms with Gasteiger partial charge in [-0.05, 0) is 67.9 Å². The topological polar surface area (TPSA) is 70.1 Å². The summed E-state index contributed by atoms with van der Waals surface area (Å²) in [7, 11) is 3.87. The van der Waals surface area contributed by atoms with Gasteiger partial charge < -0.3 is 14.7 Å². The van der Waals surface area contributed by atoms with Gasteiger partial charge in [0.2, 0.25) is 0 Å². The molecule has 1 N–H and O–H groups in total. The van der Waals surface area contributed by atoms with Gasteiger partial charge in [0.05, 0.1) is 17.7 Å². The Balaban J connectivity index is 1.82. The number of rotatable bonds is 6. The SMILES string of the molecule is CC(C)Oc1ccc(/C(O)=C2\C(=O)C(=O)N(c3ccc(N(C)C)cc3)C2c2ccccc2)cc1. The minimum atomic E-state index is -0.752. The third-order valence-electron chi connectivity index (χ3n) is 5.70. The van der Waals surface area contributed by atoms with E-state index in [1.807, 2.05) is 87.4 Å². The standard InChI is InChI=1S/C28H28N2O4/c1-18(2)34-23-16-10-20(11-17-23)26(31)24-25(19-8-6-5-7-9-19)30(28(33)27(24)32)22-14-12-21(13-15-22)29(3)4/h5-18,25,31H,1-4H3/b26-24+. The minimum Gasteiger partial charge on any atom is -0.507 e. The number of hydrogen-bond acceptors (Lipinski definition) is 5. The first-order chi connectivity index (χ1) is 16.3. The molecule has 1 unspecified atom stereocenters. The molecule has 174 valence electrons. The van der Waals surface area contributed by atoms with Gasteiger partial charge >= 0.3 is 0 Å². The zero-order chi connectivity index (χ0) is 24.4. The molecule has 0 saturated carbocycles. The van der Waals surface area contributed by atoms with E-state index in [2.05, 4.69) is 0 Å². The van der Waals surface area contributed by atoms with Crippen LogP contribution in [0.2, 0.25) is 0 Å². The molecule has 1 aliphatic heterocycles. The summed E-state index contributed by atoms with van der Waals surface area (Å²) in [4.78, 5) is 29.9. The molecule has 6 heteroatoms. The van der Waals surface area contributed by atoms with Gasteiger partial charge in [0.1, 0.15) is 11.5 Å². The second kappa shape index (κ2) is 9.43. The van der Waals surface area contributed by atoms with E-state index in [4.69, 9.17) is 4.74 Å². The van der Waals surface area contributed by atoms with Gasteiger partial charge in [-0.1, -0.05) is 30.3 Å². The van der Waals surface area contributed by atoms with Crippen LogP contribution in [-0.4, -0.2) is 37.0 Å². The average molecular weight is 457 g/mol. The second-order valence-corrected chi connectivity index (χ2v) is 8.68. The molecule has 0 radical (unpaired) electrons. The number of ether oxygens (including phenoxy) is 1. The Hall–Kier alpha value is -4.06. The molecule has 0 bridgehead atoms. The Morgan fingerprint density at radius 3 is 2.09 bits per heavy atom. The van der Waals surface area contributed by atoms with Crippen molar-refractivity contribution >= 4 is 28.8 Å². The average Bonchev–Trinajstić information content (AvgIpc) is 3.10. The van der Waals surface area contributed by atoms with Crippen LogP contribution in [0.25, 0.3) is 5.76 Å². The first-order valence-electron chi connectivity index (χ1n) is 11.2. The third kappa shape index (κ3) is 4.39. The van der Waals surface area contributed by atoms with E-state index >= 15 is 0 Å². The number of carbonyl (C=O) groups is 2. The first kappa shape index (κ1) is 23.1. The Morgan fingerprint density at radius 1 is 0.912 bits per heavy atom. The number of ketones is 1. The summed E-state index contributed by atoms with van der Waals surface area (Å²) in [6.45, 7) is 3.86. The monoisotopic (exact) mass is 456 g/mol. The van der Waals surface area contributed by atoms with Gasteiger partial charge in [0.15, 0.2) is 0 Å². The predicted molar refractivity (Wildman–Crippen MR) is 134 cm³/mol. The number of aliphatic hydroxyl groups is 1. The van der Waals surface area contributed by atoms with E-state index in [0.717, 1.165) is 11.3 Å². The molecule has 6 nitrogen and oxygen atoms in total. The summed E-state index contributed by atoms with van der Waals surface area (Å²) in [6.07, 6.45) is 0.0155. The van der Waals surface area contributed by atoms with Crippen molar-refractivity contribution in [2.24, 2.45) is 0 Å². The van der Waals surface area contributed by atoms with Gasteiger partial charge in [0, 0.05) is 31.0 Å². The molecule has 4 rings (SSSR count). The van der Waals surface area contributed by atoms with E-state index in [1.165, 1.54) is 4.90 Å². The zero-order valence-corrected chi connectivity index (χ0v) is 19.7. The lowest BCUT2D eigenvalue weighted by Gasteiger charge is -2.26. The van der Waals surface area contributed by atoms with Crippen molar-refractivity contribution in [3.05, 3.63) is 95.6 Å². The third-order valence-corrected chi connectivity index (χ3v) is 5.70. The summed E-state index contributed by atoms with van der Waals surface area (Å²) in [6, 6.07) is 22.8. The maximum atomic E-state index is 13.2. The van der Waals surface area contributed by atoms with Crippen LogP contribution in [0, 0.1) is 0 Å². The molecule has 1 aliphatic rings. The van der Waals surface area contributed by atoms with Crippen LogP contribution in [0.1, 0.15) is 31.0 Å². The van der Waals surface area contributed by atoms with Crippen LogP contribution in [0.4, 0.5) is 11.4 Å². The van der Waals surface area contributed by atoms with Gasteiger partial charge in [-0.3, -0.25) is 14.5 Å². The first-order valence-corrected chi connectivity index (χ1v) is 11.2. The van der Waals surface area contributed by atoms with E-state index in [0.29, 0.717) is 17.0 Å². The number of amides is 1. The van der Waals surface area contributed by atoms with Crippen LogP contribution in [0.15, 0.2) is 84.4 Å². The van der Waals surface area contributed by atoms with Gasteiger partial charge in [0.25, 0.3) is 11.7 Å². The Morgan fingerprint density at radius 2 is 1.53 bits per heavy atom. The molecular formula is C28H28N2O4. The van der Waals surface area contributed by atoms with Crippen LogP contribution >= 0.6 is 0 Å². The fourth-order valence-electron chi connectivity index (χ4n) is 4.08. The maximum absolute atomic E-state index is 13.2. The normalized spacial score (nSPS) is 17.3. The molecular weight excluding hydrogens is 428 g/mol. The van der Waals surface area contributed by atoms with Crippen molar-refractivity contribution in [3.63, 3.8) is 0 Å². The van der Waals surface area contributed by atoms with E-state index in [9.17, 15) is 14.7 Å². The van der Waals surface area contributed by atoms with Crippen molar-refractivity contribution in [2.45, 2.75) is 26.0 Å². The molecule has 3 aromatic rings. The second-order valence-electron chi connectivity index (χ2n) is 8.68. The number of hydrogen-bond donors (Lipinski definition) is 1. The number of nitrogens with zero attached hydrogens (tertiary/aromatic N) is 2. The smallest absolute Gasteiger partial charge is 0.300 e. The van der Waals surface area contributed by atoms with Crippen LogP contribution in [0.3, 0.4) is 0 Å². The van der Waals surface area contributed by atoms with Crippen molar-refractivity contribution in [1.29, 1.82) is 0 Å². The number of anilines is 2. The molecule has 0 aliphatic carbocycles. The summed E-state index contributed by atoms with van der Waals surface area (Å²) in [5.74, 6) is -0.943. The molecule has 3 aromatic carbocycles. The zero-order valence-electron chi connectivity index (χ0n) is 19.7. The predicted octanol–water partition coefficient (Wildman–Crippen LogP) is 5.17. The number of benzene rings is 3. The largest absolute Gasteiger partial charge is 0.507 e. The fourth-order valence-corrected chi connectivity index (χ4v) is 4.08. The number of carbonyl (C=O) groups excluding carboxylic acids is 2. The van der Waals surface area contributed by atoms with E-state index in [1.54, 1.807) is 24.3 Å². The van der Waals surface area contributed by atoms with Gasteiger partial charge in [-0.25, -0.2) is 0 Å². The minimum absolute atomic E-state index is 0.0155. The highest BCUT2D eigenvalue weighted by atomic mass is 16.5. The van der Waals surface area contributed by atoms with Gasteiger partial charge in [-0.15, -0.1) is 0 Å². The summed E-state index contributed by atoms with van der Waals surface area (Å²) >= 11 is 0. The summed E-state index contributed by atoms with van der Waals surface area (Å²) in [5.41, 5.74) is 2.80. The Kier molecular flexibility index (Phi) is 6.41. The van der Waals surface area contributed by atoms with E-state index in [-0.39, 0.29) is 17.4 Å². The van der Waals surface area contributed by atoms with Crippen molar-refractivity contribution in [3.8, 4) is 5.75 Å². The Labute approximate surface area is 199 Å². The van der Waals surface area contributed by atoms with Crippen LogP contribution in [-0.2, 0) is 9.59 Å². The summed E-state index contributed by atoms with van der Waals surface area (Å²) < 4.78 is 5.67. The van der Waals surface area contributed by atoms with Crippen molar-refractivity contribution < 1.29 is 19.4 Å². The van der Waals surface area contributed by atoms with E-state index < -0.39 is 17.7 Å². The van der Waals surface area contributed by atoms with Crippen molar-refractivity contribution in [1.82, 2.24) is 0 Å². The molecule has 1 atom stereocenters. The quantitative estimate of drug-likeness (QED) is 0.315. The molecule has 34 heavy (non-hydrogen) atoms. The number of aliphatic hydroxyl groups excluding tert-OH is 1. The van der Waals surface area contributed by atoms with Crippen molar-refractivity contribution in [2.75, 3.05) is 23.9 Å². The molecule has 1 amide bonds. The summed E-state index contributed by atoms with van der Waals surface area (Å²) in [5, 5.41) is 11.2. The number of Topliss-reactive ketones (excluding diaryl/α,β-unsaturated/α-hetero) is 1. The lowest BCUT2D eigenvalue weighted by Crippen LogP contribution is -2.29. The highest BCUT2D eigenvalue weighted by Crippen LogP contribution is 2.42. The van der Waals surface area contributed by atoms with Crippen LogP contribution < -0.4 is 14.5 Å². The lowest BCUT2D eigenvalue weighted by atomic mass is 9.95. The lowest BCUT2D eigenvalue weighted by molar-refractivity contribution is -0.132. The van der Waals surface area contributed by atoms with Crippen LogP contribution in [0.5, 0.6) is 5.75 Å². The fraction of sp³-hybridized carbons (Fsp3) is 0.214. The molecule has 1 heterocycles. The Bertz CT molecular complexity index is 1210. The van der Waals surface area contributed by atoms with Gasteiger partial charge in [-0.2, -0.15) is 0 Å². The highest BCUT2D eigenvalue weighted by molar-refractivity contribution is 6.51. The highest BCUT2D eigenvalue weighted by Gasteiger charge is 2.46. The molecule has 0 aromatic heterocycles. The maximum Gasteiger partial charge on any atom is 0.300 e. The molecule has 1 fully saturated rings.